The molecule has 4 nitrogen and oxygen atoms in total. The molecule has 0 aliphatic carbocycles. The van der Waals surface area contributed by atoms with E-state index >= 15 is 0 Å². The lowest BCUT2D eigenvalue weighted by Crippen LogP contribution is -2.20. The first-order valence-corrected chi connectivity index (χ1v) is 5.29. The maximum atomic E-state index is 7.30. The first-order valence-electron chi connectivity index (χ1n) is 5.29. The molecule has 4 heteroatoms. The number of hydrogen-bond donors (Lipinski definition) is 2. The van der Waals surface area contributed by atoms with E-state index in [1.165, 1.54) is 0 Å². The van der Waals surface area contributed by atoms with Crippen LogP contribution in [0.15, 0.2) is 24.3 Å². The van der Waals surface area contributed by atoms with E-state index in [0.29, 0.717) is 0 Å². The predicted octanol–water partition coefficient (Wildman–Crippen LogP) is 1.44. The number of amidine groups is 1. The smallest absolute Gasteiger partial charge is 0.122 e. The van der Waals surface area contributed by atoms with Crippen LogP contribution in [0.1, 0.15) is 12.0 Å². The van der Waals surface area contributed by atoms with Gasteiger partial charge in [-0.25, -0.2) is 0 Å². The van der Waals surface area contributed by atoms with Crippen molar-refractivity contribution in [1.29, 1.82) is 5.41 Å². The van der Waals surface area contributed by atoms with E-state index < -0.39 is 0 Å². The van der Waals surface area contributed by atoms with Crippen LogP contribution < -0.4 is 10.6 Å². The zero-order valence-electron chi connectivity index (χ0n) is 9.86. The maximum Gasteiger partial charge on any atom is 0.122 e. The Morgan fingerprint density at radius 3 is 2.50 bits per heavy atom. The molecular formula is C12H19N3O. The zero-order valence-corrected chi connectivity index (χ0v) is 9.86. The largest absolute Gasteiger partial charge is 0.385 e. The summed E-state index contributed by atoms with van der Waals surface area (Å²) >= 11 is 0. The highest BCUT2D eigenvalue weighted by Gasteiger charge is 2.01. The monoisotopic (exact) mass is 221 g/mol. The fourth-order valence-electron chi connectivity index (χ4n) is 1.47. The molecule has 3 N–H and O–H groups in total. The molecule has 0 aromatic heterocycles. The van der Waals surface area contributed by atoms with Crippen molar-refractivity contribution >= 4 is 11.5 Å². The lowest BCUT2D eigenvalue weighted by atomic mass is 10.2. The molecule has 0 amide bonds. The van der Waals surface area contributed by atoms with Crippen LogP contribution in [0.3, 0.4) is 0 Å². The molecule has 0 radical (unpaired) electrons. The summed E-state index contributed by atoms with van der Waals surface area (Å²) in [6.07, 6.45) is 1.00. The van der Waals surface area contributed by atoms with E-state index in [0.717, 1.165) is 30.8 Å². The Bertz CT molecular complexity index is 335. The molecule has 0 heterocycles. The van der Waals surface area contributed by atoms with Gasteiger partial charge < -0.3 is 15.4 Å². The summed E-state index contributed by atoms with van der Waals surface area (Å²) in [5, 5.41) is 7.30. The minimum absolute atomic E-state index is 0.105. The van der Waals surface area contributed by atoms with E-state index in [4.69, 9.17) is 15.9 Å². The van der Waals surface area contributed by atoms with Crippen molar-refractivity contribution in [3.8, 4) is 0 Å². The van der Waals surface area contributed by atoms with Gasteiger partial charge >= 0.3 is 0 Å². The van der Waals surface area contributed by atoms with Gasteiger partial charge in [-0.3, -0.25) is 5.41 Å². The van der Waals surface area contributed by atoms with Gasteiger partial charge in [0, 0.05) is 38.6 Å². The lowest BCUT2D eigenvalue weighted by molar-refractivity contribution is 0.196. The third-order valence-corrected chi connectivity index (χ3v) is 2.46. The molecule has 0 saturated heterocycles. The van der Waals surface area contributed by atoms with Crippen LogP contribution in [0.25, 0.3) is 0 Å². The van der Waals surface area contributed by atoms with Gasteiger partial charge in [0.15, 0.2) is 0 Å². The fourth-order valence-corrected chi connectivity index (χ4v) is 1.47. The van der Waals surface area contributed by atoms with E-state index in [-0.39, 0.29) is 5.84 Å². The highest BCUT2D eigenvalue weighted by molar-refractivity contribution is 5.95. The van der Waals surface area contributed by atoms with Crippen molar-refractivity contribution in [2.24, 2.45) is 5.73 Å². The zero-order chi connectivity index (χ0) is 12.0. The highest BCUT2D eigenvalue weighted by Crippen LogP contribution is 2.13. The summed E-state index contributed by atoms with van der Waals surface area (Å²) in [6.45, 7) is 1.73. The van der Waals surface area contributed by atoms with Crippen LogP contribution in [0.2, 0.25) is 0 Å². The molecule has 16 heavy (non-hydrogen) atoms. The number of methoxy groups -OCH3 is 1. The van der Waals surface area contributed by atoms with Gasteiger partial charge in [0.2, 0.25) is 0 Å². The number of hydrogen-bond acceptors (Lipinski definition) is 3. The van der Waals surface area contributed by atoms with Crippen LogP contribution in [-0.2, 0) is 4.74 Å². The Morgan fingerprint density at radius 1 is 1.38 bits per heavy atom. The molecule has 1 rings (SSSR count). The summed E-state index contributed by atoms with van der Waals surface area (Å²) in [5.74, 6) is 0.105. The number of rotatable bonds is 6. The normalized spacial score (nSPS) is 10.1. The van der Waals surface area contributed by atoms with Gasteiger partial charge in [-0.1, -0.05) is 0 Å². The molecule has 0 atom stereocenters. The Morgan fingerprint density at radius 2 is 2.00 bits per heavy atom. The van der Waals surface area contributed by atoms with Crippen molar-refractivity contribution in [3.05, 3.63) is 29.8 Å². The summed E-state index contributed by atoms with van der Waals surface area (Å²) < 4.78 is 5.01. The topological polar surface area (TPSA) is 62.3 Å². The van der Waals surface area contributed by atoms with Gasteiger partial charge in [-0.05, 0) is 30.7 Å². The first-order chi connectivity index (χ1) is 7.65. The molecule has 0 aliphatic rings. The van der Waals surface area contributed by atoms with Crippen molar-refractivity contribution < 1.29 is 4.74 Å². The lowest BCUT2D eigenvalue weighted by Gasteiger charge is -2.19. The Hall–Kier alpha value is -1.55. The SMILES string of the molecule is COCCCN(C)c1ccc(C(=N)N)cc1. The number of ether oxygens (including phenoxy) is 1. The van der Waals surface area contributed by atoms with Crippen LogP contribution in [0.4, 0.5) is 5.69 Å². The minimum atomic E-state index is 0.105. The average molecular weight is 221 g/mol. The van der Waals surface area contributed by atoms with Crippen LogP contribution in [0, 0.1) is 5.41 Å². The van der Waals surface area contributed by atoms with Crippen LogP contribution in [-0.4, -0.2) is 33.1 Å². The number of nitrogen functional groups attached to an aromatic ring is 1. The van der Waals surface area contributed by atoms with Crippen LogP contribution >= 0.6 is 0 Å². The molecule has 0 aliphatic heterocycles. The Kier molecular flexibility index (Phi) is 4.79. The van der Waals surface area contributed by atoms with Gasteiger partial charge in [0.25, 0.3) is 0 Å². The molecule has 0 unspecified atom stereocenters. The molecule has 0 fully saturated rings. The Labute approximate surface area is 96.5 Å². The van der Waals surface area contributed by atoms with Gasteiger partial charge in [0.05, 0.1) is 0 Å². The molecule has 0 saturated carbocycles. The second-order valence-corrected chi connectivity index (χ2v) is 3.73. The molecule has 88 valence electrons. The molecule has 1 aromatic carbocycles. The standard InChI is InChI=1S/C12H19N3O/c1-15(8-3-9-16-2)11-6-4-10(5-7-11)12(13)14/h4-7H,3,8-9H2,1-2H3,(H3,13,14). The second-order valence-electron chi connectivity index (χ2n) is 3.73. The van der Waals surface area contributed by atoms with Gasteiger partial charge in [-0.2, -0.15) is 0 Å². The number of nitrogens with two attached hydrogens (primary N) is 1. The van der Waals surface area contributed by atoms with E-state index in [9.17, 15) is 0 Å². The van der Waals surface area contributed by atoms with Crippen LogP contribution in [0.5, 0.6) is 0 Å². The molecule has 0 spiro atoms. The summed E-state index contributed by atoms with van der Waals surface area (Å²) in [5.41, 5.74) is 7.28. The minimum Gasteiger partial charge on any atom is -0.385 e. The van der Waals surface area contributed by atoms with Crippen molar-refractivity contribution in [1.82, 2.24) is 0 Å². The van der Waals surface area contributed by atoms with E-state index in [1.807, 2.05) is 31.3 Å². The summed E-state index contributed by atoms with van der Waals surface area (Å²) in [6, 6.07) is 7.68. The van der Waals surface area contributed by atoms with Gasteiger partial charge in [-0.15, -0.1) is 0 Å². The third kappa shape index (κ3) is 3.55. The number of benzene rings is 1. The molecule has 0 bridgehead atoms. The van der Waals surface area contributed by atoms with Crippen molar-refractivity contribution in [2.75, 3.05) is 32.2 Å². The predicted molar refractivity (Wildman–Crippen MR) is 67.2 cm³/mol. The maximum absolute atomic E-state index is 7.30. The number of nitrogens with zero attached hydrogens (tertiary/aromatic N) is 1. The highest BCUT2D eigenvalue weighted by atomic mass is 16.5. The summed E-state index contributed by atoms with van der Waals surface area (Å²) in [4.78, 5) is 2.16. The van der Waals surface area contributed by atoms with E-state index in [1.54, 1.807) is 7.11 Å². The third-order valence-electron chi connectivity index (χ3n) is 2.46. The Balaban J connectivity index is 2.56. The quantitative estimate of drug-likeness (QED) is 0.434. The number of anilines is 1. The fraction of sp³-hybridized carbons (Fsp3) is 0.417. The second kappa shape index (κ2) is 6.12. The number of nitrogens with one attached hydrogen (secondary N) is 1. The molecular weight excluding hydrogens is 202 g/mol. The van der Waals surface area contributed by atoms with Crippen molar-refractivity contribution in [2.45, 2.75) is 6.42 Å². The van der Waals surface area contributed by atoms with E-state index in [2.05, 4.69) is 4.90 Å². The van der Waals surface area contributed by atoms with Crippen molar-refractivity contribution in [3.63, 3.8) is 0 Å². The molecule has 1 aromatic rings. The van der Waals surface area contributed by atoms with Gasteiger partial charge in [0.1, 0.15) is 5.84 Å². The average Bonchev–Trinajstić information content (AvgIpc) is 2.29. The summed E-state index contributed by atoms with van der Waals surface area (Å²) in [7, 11) is 3.75. The first kappa shape index (κ1) is 12.5.